The molecule has 8 heteroatoms. The van der Waals surface area contributed by atoms with Crippen molar-refractivity contribution >= 4 is 35.0 Å². The van der Waals surface area contributed by atoms with Crippen LogP contribution in [0.1, 0.15) is 18.1 Å². The molecule has 0 aliphatic heterocycles. The summed E-state index contributed by atoms with van der Waals surface area (Å²) in [5, 5.41) is 11.0. The number of aromatic nitrogens is 3. The molecule has 1 heterocycles. The van der Waals surface area contributed by atoms with Gasteiger partial charge in [0.05, 0.1) is 16.0 Å². The van der Waals surface area contributed by atoms with Gasteiger partial charge in [-0.1, -0.05) is 41.1 Å². The molecule has 0 spiro atoms. The molecule has 5 nitrogen and oxygen atoms in total. The zero-order valence-electron chi connectivity index (χ0n) is 15.0. The van der Waals surface area contributed by atoms with Crippen LogP contribution in [0.5, 0.6) is 0 Å². The van der Waals surface area contributed by atoms with Crippen molar-refractivity contribution in [3.63, 3.8) is 0 Å². The first-order chi connectivity index (χ1) is 12.8. The zero-order valence-corrected chi connectivity index (χ0v) is 16.6. The lowest BCUT2D eigenvalue weighted by Gasteiger charge is -2.14. The molecule has 0 radical (unpaired) electrons. The Labute approximate surface area is 166 Å². The highest BCUT2D eigenvalue weighted by molar-refractivity contribution is 8.00. The molecule has 1 amide bonds. The summed E-state index contributed by atoms with van der Waals surface area (Å²) in [4.78, 5) is 12.5. The van der Waals surface area contributed by atoms with Gasteiger partial charge >= 0.3 is 0 Å². The van der Waals surface area contributed by atoms with E-state index >= 15 is 0 Å². The van der Waals surface area contributed by atoms with Crippen LogP contribution >= 0.6 is 23.4 Å². The van der Waals surface area contributed by atoms with Crippen LogP contribution in [0.2, 0.25) is 5.02 Å². The quantitative estimate of drug-likeness (QED) is 0.621. The first-order valence-corrected chi connectivity index (χ1v) is 9.51. The van der Waals surface area contributed by atoms with Crippen molar-refractivity contribution in [1.82, 2.24) is 14.8 Å². The molecule has 0 saturated carbocycles. The molecule has 0 aliphatic carbocycles. The van der Waals surface area contributed by atoms with E-state index in [-0.39, 0.29) is 10.9 Å². The SMILES string of the molecule is Cc1ccc(-n2cnnc2SC(C)C(=O)Nc2ccc(F)c(Cl)c2)c(C)c1. The number of hydrogen-bond acceptors (Lipinski definition) is 4. The Kier molecular flexibility index (Phi) is 5.82. The number of carbonyl (C=O) groups is 1. The van der Waals surface area contributed by atoms with Gasteiger partial charge in [-0.25, -0.2) is 4.39 Å². The van der Waals surface area contributed by atoms with E-state index in [2.05, 4.69) is 21.6 Å². The minimum Gasteiger partial charge on any atom is -0.325 e. The van der Waals surface area contributed by atoms with Crippen molar-refractivity contribution in [3.8, 4) is 5.69 Å². The van der Waals surface area contributed by atoms with Crippen molar-refractivity contribution in [3.05, 3.63) is 64.7 Å². The average Bonchev–Trinajstić information content (AvgIpc) is 3.06. The number of anilines is 1. The molecule has 0 bridgehead atoms. The van der Waals surface area contributed by atoms with E-state index in [9.17, 15) is 9.18 Å². The maximum atomic E-state index is 13.2. The lowest BCUT2D eigenvalue weighted by molar-refractivity contribution is -0.115. The fourth-order valence-corrected chi connectivity index (χ4v) is 3.59. The lowest BCUT2D eigenvalue weighted by atomic mass is 10.1. The second-order valence-corrected chi connectivity index (χ2v) is 7.87. The molecule has 3 aromatic rings. The maximum Gasteiger partial charge on any atom is 0.237 e. The van der Waals surface area contributed by atoms with E-state index in [1.807, 2.05) is 30.5 Å². The Bertz CT molecular complexity index is 992. The highest BCUT2D eigenvalue weighted by atomic mass is 35.5. The summed E-state index contributed by atoms with van der Waals surface area (Å²) in [5.41, 5.74) is 3.67. The third-order valence-corrected chi connectivity index (χ3v) is 5.31. The third-order valence-electron chi connectivity index (χ3n) is 3.97. The Balaban J connectivity index is 1.74. The summed E-state index contributed by atoms with van der Waals surface area (Å²) in [5.74, 6) is -0.767. The minimum absolute atomic E-state index is 0.0392. The topological polar surface area (TPSA) is 59.8 Å². The van der Waals surface area contributed by atoms with Gasteiger partial charge in [-0.3, -0.25) is 9.36 Å². The summed E-state index contributed by atoms with van der Waals surface area (Å²) < 4.78 is 15.1. The molecule has 1 aromatic heterocycles. The number of thioether (sulfide) groups is 1. The van der Waals surface area contributed by atoms with Gasteiger partial charge in [0.15, 0.2) is 5.16 Å². The van der Waals surface area contributed by atoms with E-state index in [0.717, 1.165) is 11.3 Å². The number of carbonyl (C=O) groups excluding carboxylic acids is 1. The van der Waals surface area contributed by atoms with Gasteiger partial charge in [0.1, 0.15) is 12.1 Å². The Morgan fingerprint density at radius 1 is 1.26 bits per heavy atom. The number of nitrogens with one attached hydrogen (secondary N) is 1. The monoisotopic (exact) mass is 404 g/mol. The second-order valence-electron chi connectivity index (χ2n) is 6.15. The molecule has 3 rings (SSSR count). The number of benzene rings is 2. The highest BCUT2D eigenvalue weighted by Gasteiger charge is 2.19. The molecule has 140 valence electrons. The Morgan fingerprint density at radius 2 is 2.04 bits per heavy atom. The van der Waals surface area contributed by atoms with Crippen LogP contribution in [0.25, 0.3) is 5.69 Å². The van der Waals surface area contributed by atoms with Gasteiger partial charge in [-0.15, -0.1) is 10.2 Å². The third kappa shape index (κ3) is 4.48. The average molecular weight is 405 g/mol. The first kappa shape index (κ1) is 19.4. The number of nitrogens with zero attached hydrogens (tertiary/aromatic N) is 3. The Hall–Kier alpha value is -2.38. The van der Waals surface area contributed by atoms with E-state index in [0.29, 0.717) is 10.8 Å². The highest BCUT2D eigenvalue weighted by Crippen LogP contribution is 2.27. The molecular formula is C19H18ClFN4OS. The molecule has 0 fully saturated rings. The van der Waals surface area contributed by atoms with Gasteiger partial charge in [-0.2, -0.15) is 0 Å². The molecule has 0 aliphatic rings. The predicted molar refractivity (Wildman–Crippen MR) is 106 cm³/mol. The van der Waals surface area contributed by atoms with Gasteiger partial charge in [0, 0.05) is 5.69 Å². The van der Waals surface area contributed by atoms with Crippen molar-refractivity contribution in [2.24, 2.45) is 0 Å². The van der Waals surface area contributed by atoms with Crippen molar-refractivity contribution in [1.29, 1.82) is 0 Å². The molecule has 2 aromatic carbocycles. The second kappa shape index (κ2) is 8.10. The van der Waals surface area contributed by atoms with E-state index in [1.54, 1.807) is 13.3 Å². The summed E-state index contributed by atoms with van der Waals surface area (Å²) >= 11 is 7.04. The molecule has 27 heavy (non-hydrogen) atoms. The standard InChI is InChI=1S/C19H18ClFN4OS/c1-11-4-7-17(12(2)8-11)25-10-22-24-19(25)27-13(3)18(26)23-14-5-6-16(21)15(20)9-14/h4-10,13H,1-3H3,(H,23,26). The van der Waals surface area contributed by atoms with Gasteiger partial charge in [-0.05, 0) is 50.6 Å². The van der Waals surface area contributed by atoms with Crippen LogP contribution in [0.4, 0.5) is 10.1 Å². The van der Waals surface area contributed by atoms with Gasteiger partial charge < -0.3 is 5.32 Å². The fraction of sp³-hybridized carbons (Fsp3) is 0.211. The minimum atomic E-state index is -0.529. The van der Waals surface area contributed by atoms with E-state index in [1.165, 1.54) is 35.5 Å². The fourth-order valence-electron chi connectivity index (χ4n) is 2.58. The van der Waals surface area contributed by atoms with Crippen LogP contribution in [-0.4, -0.2) is 25.9 Å². The Morgan fingerprint density at radius 3 is 2.74 bits per heavy atom. The number of rotatable bonds is 5. The zero-order chi connectivity index (χ0) is 19.6. The summed E-state index contributed by atoms with van der Waals surface area (Å²) in [7, 11) is 0. The number of aryl methyl sites for hydroxylation is 2. The molecule has 1 N–H and O–H groups in total. The summed E-state index contributed by atoms with van der Waals surface area (Å²) in [6.45, 7) is 5.82. The normalized spacial score (nSPS) is 12.0. The van der Waals surface area contributed by atoms with Gasteiger partial charge in [0.25, 0.3) is 0 Å². The molecule has 0 saturated heterocycles. The van der Waals surface area contributed by atoms with Crippen molar-refractivity contribution in [2.75, 3.05) is 5.32 Å². The largest absolute Gasteiger partial charge is 0.325 e. The van der Waals surface area contributed by atoms with Crippen LogP contribution in [-0.2, 0) is 4.79 Å². The van der Waals surface area contributed by atoms with Crippen molar-refractivity contribution < 1.29 is 9.18 Å². The maximum absolute atomic E-state index is 13.2. The molecule has 1 atom stereocenters. The summed E-state index contributed by atoms with van der Waals surface area (Å²) in [6.07, 6.45) is 1.63. The number of amides is 1. The molecular weight excluding hydrogens is 387 g/mol. The molecule has 1 unspecified atom stereocenters. The smallest absolute Gasteiger partial charge is 0.237 e. The first-order valence-electron chi connectivity index (χ1n) is 8.25. The van der Waals surface area contributed by atoms with Crippen LogP contribution in [0, 0.1) is 19.7 Å². The van der Waals surface area contributed by atoms with E-state index < -0.39 is 11.1 Å². The number of hydrogen-bond donors (Lipinski definition) is 1. The van der Waals surface area contributed by atoms with Crippen molar-refractivity contribution in [2.45, 2.75) is 31.2 Å². The van der Waals surface area contributed by atoms with Gasteiger partial charge in [0.2, 0.25) is 5.91 Å². The van der Waals surface area contributed by atoms with Crippen LogP contribution in [0.3, 0.4) is 0 Å². The summed E-state index contributed by atoms with van der Waals surface area (Å²) in [6, 6.07) is 10.2. The van der Waals surface area contributed by atoms with E-state index in [4.69, 9.17) is 11.6 Å². The van der Waals surface area contributed by atoms with Crippen LogP contribution < -0.4 is 5.32 Å². The lowest BCUT2D eigenvalue weighted by Crippen LogP contribution is -2.23. The van der Waals surface area contributed by atoms with Crippen LogP contribution in [0.15, 0.2) is 47.9 Å². The number of halogens is 2. The predicted octanol–water partition coefficient (Wildman–Crippen LogP) is 4.80.